The number of amides is 1. The molecule has 0 aliphatic heterocycles. The number of nitrogens with zero attached hydrogens (tertiary/aromatic N) is 1. The first-order chi connectivity index (χ1) is 14.5. The summed E-state index contributed by atoms with van der Waals surface area (Å²) in [6.45, 7) is 1.70. The van der Waals surface area contributed by atoms with Gasteiger partial charge in [-0.25, -0.2) is 13.2 Å². The van der Waals surface area contributed by atoms with E-state index in [1.807, 2.05) is 30.3 Å². The van der Waals surface area contributed by atoms with E-state index in [1.165, 1.54) is 19.3 Å². The zero-order valence-corrected chi connectivity index (χ0v) is 16.5. The molecule has 30 heavy (non-hydrogen) atoms. The van der Waals surface area contributed by atoms with Crippen LogP contribution in [0.25, 0.3) is 11.1 Å². The highest BCUT2D eigenvalue weighted by molar-refractivity contribution is 5.75. The molecule has 0 aliphatic carbocycles. The maximum atomic E-state index is 14.9. The third-order valence-corrected chi connectivity index (χ3v) is 4.66. The number of benzene rings is 2. The molecule has 156 valence electrons. The van der Waals surface area contributed by atoms with E-state index in [-0.39, 0.29) is 11.1 Å². The van der Waals surface area contributed by atoms with Crippen LogP contribution in [0.3, 0.4) is 0 Å². The number of hydrogen-bond acceptors (Lipinski definition) is 3. The second-order valence-electron chi connectivity index (χ2n) is 6.86. The van der Waals surface area contributed by atoms with Crippen LogP contribution in [0, 0.1) is 17.5 Å². The van der Waals surface area contributed by atoms with E-state index in [0.29, 0.717) is 18.5 Å². The van der Waals surface area contributed by atoms with Crippen molar-refractivity contribution in [2.24, 2.45) is 0 Å². The van der Waals surface area contributed by atoms with Crippen LogP contribution in [0.2, 0.25) is 0 Å². The minimum absolute atomic E-state index is 0.142. The second kappa shape index (κ2) is 10.0. The summed E-state index contributed by atoms with van der Waals surface area (Å²) in [6, 6.07) is 13.9. The molecule has 3 aromatic rings. The third-order valence-electron chi connectivity index (χ3n) is 4.66. The smallest absolute Gasteiger partial charge is 0.218 e. The zero-order valence-electron chi connectivity index (χ0n) is 16.5. The van der Waals surface area contributed by atoms with Gasteiger partial charge in [-0.05, 0) is 54.3 Å². The Morgan fingerprint density at radius 3 is 2.40 bits per heavy atom. The highest BCUT2D eigenvalue weighted by atomic mass is 19.2. The molecule has 0 spiro atoms. The van der Waals surface area contributed by atoms with Gasteiger partial charge in [-0.2, -0.15) is 0 Å². The molecule has 0 saturated carbocycles. The number of carbonyl (C=O) groups is 1. The van der Waals surface area contributed by atoms with Gasteiger partial charge in [0.05, 0.1) is 0 Å². The molecule has 0 bridgehead atoms. The Balaban J connectivity index is 1.89. The van der Waals surface area contributed by atoms with Gasteiger partial charge in [0.15, 0.2) is 17.5 Å². The van der Waals surface area contributed by atoms with Crippen molar-refractivity contribution in [1.29, 1.82) is 0 Å². The van der Waals surface area contributed by atoms with E-state index < -0.39 is 29.5 Å². The normalized spacial score (nSPS) is 11.9. The summed E-state index contributed by atoms with van der Waals surface area (Å²) >= 11 is 0. The van der Waals surface area contributed by atoms with E-state index in [4.69, 9.17) is 0 Å². The summed E-state index contributed by atoms with van der Waals surface area (Å²) in [5.41, 5.74) is 1.59. The number of carbonyl (C=O) groups excluding carboxylic acids is 1. The lowest BCUT2D eigenvalue weighted by molar-refractivity contribution is -0.119. The summed E-state index contributed by atoms with van der Waals surface area (Å²) in [5.74, 6) is -4.64. The summed E-state index contributed by atoms with van der Waals surface area (Å²) in [6.07, 6.45) is 3.39. The number of aryl methyl sites for hydroxylation is 1. The van der Waals surface area contributed by atoms with Gasteiger partial charge in [0.1, 0.15) is 6.17 Å². The van der Waals surface area contributed by atoms with Gasteiger partial charge in [-0.1, -0.05) is 30.3 Å². The Morgan fingerprint density at radius 2 is 1.73 bits per heavy atom. The molecule has 4 nitrogen and oxygen atoms in total. The molecule has 3 rings (SSSR count). The van der Waals surface area contributed by atoms with E-state index in [2.05, 4.69) is 15.6 Å². The molecule has 1 unspecified atom stereocenters. The second-order valence-corrected chi connectivity index (χ2v) is 6.86. The minimum atomic E-state index is -1.58. The van der Waals surface area contributed by atoms with Crippen molar-refractivity contribution in [3.8, 4) is 11.1 Å². The van der Waals surface area contributed by atoms with Gasteiger partial charge in [0.2, 0.25) is 5.91 Å². The predicted molar refractivity (Wildman–Crippen MR) is 109 cm³/mol. The first-order valence-electron chi connectivity index (χ1n) is 9.59. The number of pyridine rings is 1. The summed E-state index contributed by atoms with van der Waals surface area (Å²) < 4.78 is 42.9. The van der Waals surface area contributed by atoms with Crippen molar-refractivity contribution < 1.29 is 18.0 Å². The lowest BCUT2D eigenvalue weighted by Crippen LogP contribution is -2.38. The molecule has 2 N–H and O–H groups in total. The number of halogens is 3. The Bertz CT molecular complexity index is 998. The molecule has 1 amide bonds. The minimum Gasteiger partial charge on any atom is -0.337 e. The van der Waals surface area contributed by atoms with Crippen molar-refractivity contribution in [1.82, 2.24) is 15.6 Å². The Labute approximate surface area is 173 Å². The fraction of sp³-hybridized carbons (Fsp3) is 0.217. The Hall–Kier alpha value is -3.19. The average molecular weight is 413 g/mol. The number of rotatable bonds is 8. The predicted octanol–water partition coefficient (Wildman–Crippen LogP) is 4.52. The van der Waals surface area contributed by atoms with Crippen molar-refractivity contribution in [2.75, 3.05) is 6.54 Å². The molecule has 1 aromatic heterocycles. The molecule has 1 atom stereocenters. The summed E-state index contributed by atoms with van der Waals surface area (Å²) in [5, 5.41) is 5.66. The monoisotopic (exact) mass is 413 g/mol. The molecule has 1 heterocycles. The Kier molecular flexibility index (Phi) is 7.19. The first kappa shape index (κ1) is 21.5. The third kappa shape index (κ3) is 5.24. The van der Waals surface area contributed by atoms with E-state index in [0.717, 1.165) is 18.1 Å². The maximum absolute atomic E-state index is 14.9. The lowest BCUT2D eigenvalue weighted by atomic mass is 9.97. The zero-order chi connectivity index (χ0) is 21.5. The van der Waals surface area contributed by atoms with E-state index in [1.54, 1.807) is 12.1 Å². The summed E-state index contributed by atoms with van der Waals surface area (Å²) in [4.78, 5) is 15.6. The maximum Gasteiger partial charge on any atom is 0.218 e. The van der Waals surface area contributed by atoms with Gasteiger partial charge in [-0.15, -0.1) is 0 Å². The van der Waals surface area contributed by atoms with Crippen LogP contribution in [0.1, 0.15) is 30.6 Å². The molecule has 7 heteroatoms. The number of hydrogen-bond donors (Lipinski definition) is 2. The Morgan fingerprint density at radius 1 is 1.03 bits per heavy atom. The average Bonchev–Trinajstić information content (AvgIpc) is 2.75. The van der Waals surface area contributed by atoms with Gasteiger partial charge in [-0.3, -0.25) is 15.1 Å². The molecule has 0 saturated heterocycles. The van der Waals surface area contributed by atoms with E-state index >= 15 is 0 Å². The van der Waals surface area contributed by atoms with Gasteiger partial charge in [0, 0.05) is 24.9 Å². The topological polar surface area (TPSA) is 54.0 Å². The van der Waals surface area contributed by atoms with Crippen LogP contribution in [0.4, 0.5) is 13.2 Å². The van der Waals surface area contributed by atoms with Crippen molar-refractivity contribution in [3.63, 3.8) is 0 Å². The largest absolute Gasteiger partial charge is 0.337 e. The highest BCUT2D eigenvalue weighted by Gasteiger charge is 2.26. The molecular weight excluding hydrogens is 391 g/mol. The SMILES string of the molecule is CC(=O)NC(NCCCc1ccccc1)c1c(-c2ccncc2)cc(F)c(F)c1F. The van der Waals surface area contributed by atoms with Gasteiger partial charge < -0.3 is 5.32 Å². The fourth-order valence-corrected chi connectivity index (χ4v) is 3.27. The molecule has 2 aromatic carbocycles. The van der Waals surface area contributed by atoms with E-state index in [9.17, 15) is 18.0 Å². The number of aromatic nitrogens is 1. The molecule has 0 radical (unpaired) electrons. The lowest BCUT2D eigenvalue weighted by Gasteiger charge is -2.24. The van der Waals surface area contributed by atoms with Crippen molar-refractivity contribution >= 4 is 5.91 Å². The van der Waals surface area contributed by atoms with Crippen LogP contribution < -0.4 is 10.6 Å². The quantitative estimate of drug-likeness (QED) is 0.324. The van der Waals surface area contributed by atoms with Crippen molar-refractivity contribution in [2.45, 2.75) is 25.9 Å². The molecule has 0 aliphatic rings. The van der Waals surface area contributed by atoms with Crippen LogP contribution >= 0.6 is 0 Å². The van der Waals surface area contributed by atoms with Crippen LogP contribution in [-0.4, -0.2) is 17.4 Å². The summed E-state index contributed by atoms with van der Waals surface area (Å²) in [7, 11) is 0. The van der Waals surface area contributed by atoms with Crippen molar-refractivity contribution in [3.05, 3.63) is 89.5 Å². The van der Waals surface area contributed by atoms with Gasteiger partial charge >= 0.3 is 0 Å². The van der Waals surface area contributed by atoms with Crippen LogP contribution in [0.5, 0.6) is 0 Å². The standard InChI is InChI=1S/C23H22F3N3O/c1-15(30)29-23(28-11-5-8-16-6-3-2-4-7-16)20-18(17-9-12-27-13-10-17)14-19(24)21(25)22(20)26/h2-4,6-7,9-10,12-14,23,28H,5,8,11H2,1H3,(H,29,30). The first-order valence-corrected chi connectivity index (χ1v) is 9.59. The van der Waals surface area contributed by atoms with Crippen LogP contribution in [0.15, 0.2) is 60.9 Å². The van der Waals surface area contributed by atoms with Gasteiger partial charge in [0.25, 0.3) is 0 Å². The highest BCUT2D eigenvalue weighted by Crippen LogP contribution is 2.32. The number of nitrogens with one attached hydrogen (secondary N) is 2. The van der Waals surface area contributed by atoms with Crippen LogP contribution in [-0.2, 0) is 11.2 Å². The fourth-order valence-electron chi connectivity index (χ4n) is 3.27. The molecular formula is C23H22F3N3O. The molecule has 0 fully saturated rings.